The number of aliphatic hydroxyl groups is 1. The maximum atomic E-state index is 13.3. The van der Waals surface area contributed by atoms with Gasteiger partial charge in [-0.15, -0.1) is 0 Å². The molecule has 1 amide bonds. The van der Waals surface area contributed by atoms with E-state index in [-0.39, 0.29) is 11.3 Å². The number of methoxy groups -OCH3 is 1. The number of aliphatic hydroxyl groups excluding tert-OH is 1. The van der Waals surface area contributed by atoms with E-state index in [2.05, 4.69) is 0 Å². The quantitative estimate of drug-likeness (QED) is 0.267. The lowest BCUT2D eigenvalue weighted by Gasteiger charge is -2.26. The number of nitrogens with zero attached hydrogens (tertiary/aromatic N) is 2. The summed E-state index contributed by atoms with van der Waals surface area (Å²) in [5.41, 5.74) is 1.15. The lowest BCUT2D eigenvalue weighted by Crippen LogP contribution is -2.32. The second kappa shape index (κ2) is 12.4. The van der Waals surface area contributed by atoms with Gasteiger partial charge in [0, 0.05) is 12.1 Å². The monoisotopic (exact) mass is 496 g/mol. The van der Waals surface area contributed by atoms with Crippen molar-refractivity contribution in [3.8, 4) is 17.2 Å². The normalized spacial score (nSPS) is 17.1. The van der Waals surface area contributed by atoms with E-state index in [1.165, 1.54) is 0 Å². The smallest absolute Gasteiger partial charge is 0.295 e. The summed E-state index contributed by atoms with van der Waals surface area (Å²) in [6, 6.07) is 11.4. The second-order valence-electron chi connectivity index (χ2n) is 8.87. The Morgan fingerprint density at radius 3 is 2.36 bits per heavy atom. The van der Waals surface area contributed by atoms with Crippen LogP contribution < -0.4 is 14.2 Å². The molecule has 194 valence electrons. The van der Waals surface area contributed by atoms with Crippen LogP contribution in [0.1, 0.15) is 43.9 Å². The highest BCUT2D eigenvalue weighted by atomic mass is 16.5. The average Bonchev–Trinajstić information content (AvgIpc) is 3.12. The van der Waals surface area contributed by atoms with Crippen molar-refractivity contribution >= 4 is 17.4 Å². The summed E-state index contributed by atoms with van der Waals surface area (Å²) in [5, 5.41) is 11.3. The van der Waals surface area contributed by atoms with E-state index in [0.717, 1.165) is 13.0 Å². The van der Waals surface area contributed by atoms with Crippen LogP contribution in [0.5, 0.6) is 17.2 Å². The number of carbonyl (C=O) groups excluding carboxylic acids is 2. The van der Waals surface area contributed by atoms with Crippen molar-refractivity contribution in [2.75, 3.05) is 47.5 Å². The fraction of sp³-hybridized carbons (Fsp3) is 0.429. The number of rotatable bonds is 12. The first kappa shape index (κ1) is 27.1. The van der Waals surface area contributed by atoms with Gasteiger partial charge in [0.1, 0.15) is 11.5 Å². The summed E-state index contributed by atoms with van der Waals surface area (Å²) in [4.78, 5) is 30.0. The van der Waals surface area contributed by atoms with E-state index >= 15 is 0 Å². The number of ketones is 1. The molecule has 8 nitrogen and oxygen atoms in total. The minimum Gasteiger partial charge on any atom is -0.507 e. The van der Waals surface area contributed by atoms with Crippen LogP contribution in [0.3, 0.4) is 0 Å². The number of Topliss-reactive ketones (excluding diaryl/α,β-unsaturated/α-hetero) is 1. The molecule has 0 aliphatic carbocycles. The Labute approximate surface area is 213 Å². The molecule has 1 fully saturated rings. The van der Waals surface area contributed by atoms with Gasteiger partial charge in [-0.3, -0.25) is 9.59 Å². The van der Waals surface area contributed by atoms with Crippen LogP contribution in [0.15, 0.2) is 48.0 Å². The van der Waals surface area contributed by atoms with E-state index in [1.54, 1.807) is 48.4 Å². The van der Waals surface area contributed by atoms with Crippen molar-refractivity contribution in [2.45, 2.75) is 32.7 Å². The molecule has 0 spiro atoms. The molecule has 8 heteroatoms. The van der Waals surface area contributed by atoms with Gasteiger partial charge in [-0.2, -0.15) is 0 Å². The molecule has 1 saturated heterocycles. The molecule has 2 aromatic rings. The fourth-order valence-corrected chi connectivity index (χ4v) is 4.21. The minimum atomic E-state index is -0.756. The van der Waals surface area contributed by atoms with Crippen molar-refractivity contribution in [1.29, 1.82) is 0 Å². The molecule has 2 aromatic carbocycles. The first-order chi connectivity index (χ1) is 17.3. The molecule has 1 atom stereocenters. The Bertz CT molecular complexity index is 1090. The van der Waals surface area contributed by atoms with Gasteiger partial charge >= 0.3 is 0 Å². The van der Waals surface area contributed by atoms with E-state index < -0.39 is 17.7 Å². The zero-order valence-electron chi connectivity index (χ0n) is 21.7. The number of benzene rings is 2. The highest BCUT2D eigenvalue weighted by molar-refractivity contribution is 6.46. The fourth-order valence-electron chi connectivity index (χ4n) is 4.21. The molecule has 1 N–H and O–H groups in total. The molecule has 0 bridgehead atoms. The van der Waals surface area contributed by atoms with Gasteiger partial charge in [-0.1, -0.05) is 13.0 Å². The van der Waals surface area contributed by atoms with Crippen LogP contribution in [0.2, 0.25) is 0 Å². The molecular weight excluding hydrogens is 460 g/mol. The lowest BCUT2D eigenvalue weighted by molar-refractivity contribution is -0.139. The van der Waals surface area contributed by atoms with Gasteiger partial charge in [-0.25, -0.2) is 0 Å². The molecular formula is C28H36N2O6. The number of likely N-dealkylation sites (tertiary alicyclic amines) is 1. The average molecular weight is 497 g/mol. The molecule has 3 rings (SSSR count). The molecule has 36 heavy (non-hydrogen) atoms. The number of carbonyl (C=O) groups is 2. The molecule has 1 heterocycles. The summed E-state index contributed by atoms with van der Waals surface area (Å²) in [7, 11) is 5.47. The van der Waals surface area contributed by atoms with Crippen LogP contribution in [-0.4, -0.2) is 74.1 Å². The van der Waals surface area contributed by atoms with Crippen LogP contribution in [-0.2, 0) is 9.59 Å². The lowest BCUT2D eigenvalue weighted by atomic mass is 9.95. The Hall–Kier alpha value is -3.52. The maximum absolute atomic E-state index is 13.3. The highest BCUT2D eigenvalue weighted by Gasteiger charge is 2.46. The van der Waals surface area contributed by atoms with E-state index in [1.807, 2.05) is 38.9 Å². The van der Waals surface area contributed by atoms with Gasteiger partial charge in [-0.05, 0) is 82.4 Å². The molecule has 1 aliphatic heterocycles. The van der Waals surface area contributed by atoms with Gasteiger partial charge < -0.3 is 29.1 Å². The highest BCUT2D eigenvalue weighted by Crippen LogP contribution is 2.42. The SMILES string of the molecule is CCCOc1ccc(C2/C(=C(\O)c3ccc(OC)cc3)C(=O)C(=O)N2CCCN(C)C)cc1OCC. The first-order valence-electron chi connectivity index (χ1n) is 12.3. The van der Waals surface area contributed by atoms with Crippen LogP contribution >= 0.6 is 0 Å². The predicted octanol–water partition coefficient (Wildman–Crippen LogP) is 4.26. The van der Waals surface area contributed by atoms with Crippen LogP contribution in [0, 0.1) is 0 Å². The summed E-state index contributed by atoms with van der Waals surface area (Å²) in [5.74, 6) is 0.200. The topological polar surface area (TPSA) is 88.5 Å². The van der Waals surface area contributed by atoms with Gasteiger partial charge in [0.15, 0.2) is 11.5 Å². The second-order valence-corrected chi connectivity index (χ2v) is 8.87. The number of hydrogen-bond acceptors (Lipinski definition) is 7. The van der Waals surface area contributed by atoms with E-state index in [0.29, 0.717) is 54.6 Å². The Balaban J connectivity index is 2.11. The Morgan fingerprint density at radius 1 is 1.03 bits per heavy atom. The van der Waals surface area contributed by atoms with Crippen molar-refractivity contribution in [3.05, 3.63) is 59.2 Å². The number of ether oxygens (including phenoxy) is 3. The third kappa shape index (κ3) is 5.99. The van der Waals surface area contributed by atoms with Crippen molar-refractivity contribution in [3.63, 3.8) is 0 Å². The van der Waals surface area contributed by atoms with Crippen LogP contribution in [0.4, 0.5) is 0 Å². The minimum absolute atomic E-state index is 0.0553. The molecule has 0 radical (unpaired) electrons. The first-order valence-corrected chi connectivity index (χ1v) is 12.3. The largest absolute Gasteiger partial charge is 0.507 e. The molecule has 1 aliphatic rings. The Kier molecular flexibility index (Phi) is 9.36. The van der Waals surface area contributed by atoms with Gasteiger partial charge in [0.25, 0.3) is 11.7 Å². The van der Waals surface area contributed by atoms with Gasteiger partial charge in [0.05, 0.1) is 31.9 Å². The number of amides is 1. The number of hydrogen-bond donors (Lipinski definition) is 1. The zero-order valence-corrected chi connectivity index (χ0v) is 21.7. The summed E-state index contributed by atoms with van der Waals surface area (Å²) in [6.45, 7) is 6.00. The standard InChI is InChI=1S/C28H36N2O6/c1-6-17-36-22-14-11-20(18-23(22)35-7-2)25-24(26(31)19-9-12-21(34-5)13-10-19)27(32)28(33)30(25)16-8-15-29(3)4/h9-14,18,25,31H,6-8,15-17H2,1-5H3/b26-24+. The molecule has 1 unspecified atom stereocenters. The summed E-state index contributed by atoms with van der Waals surface area (Å²) < 4.78 is 16.9. The van der Waals surface area contributed by atoms with Gasteiger partial charge in [0.2, 0.25) is 0 Å². The predicted molar refractivity (Wildman–Crippen MR) is 139 cm³/mol. The van der Waals surface area contributed by atoms with E-state index in [9.17, 15) is 14.7 Å². The zero-order chi connectivity index (χ0) is 26.2. The molecule has 0 aromatic heterocycles. The third-order valence-electron chi connectivity index (χ3n) is 5.95. The third-order valence-corrected chi connectivity index (χ3v) is 5.95. The maximum Gasteiger partial charge on any atom is 0.295 e. The Morgan fingerprint density at radius 2 is 1.75 bits per heavy atom. The van der Waals surface area contributed by atoms with Crippen molar-refractivity contribution in [2.24, 2.45) is 0 Å². The summed E-state index contributed by atoms with van der Waals surface area (Å²) in [6.07, 6.45) is 1.52. The van der Waals surface area contributed by atoms with Crippen molar-refractivity contribution in [1.82, 2.24) is 9.80 Å². The van der Waals surface area contributed by atoms with Crippen LogP contribution in [0.25, 0.3) is 5.76 Å². The summed E-state index contributed by atoms with van der Waals surface area (Å²) >= 11 is 0. The van der Waals surface area contributed by atoms with Crippen molar-refractivity contribution < 1.29 is 28.9 Å². The van der Waals surface area contributed by atoms with E-state index in [4.69, 9.17) is 14.2 Å². The molecule has 0 saturated carbocycles.